The highest BCUT2D eigenvalue weighted by molar-refractivity contribution is 5.20. The van der Waals surface area contributed by atoms with Crippen LogP contribution in [0.15, 0.2) is 30.3 Å². The number of rotatable bonds is 7. The molecule has 0 bridgehead atoms. The average Bonchev–Trinajstić information content (AvgIpc) is 2.30. The van der Waals surface area contributed by atoms with Gasteiger partial charge in [0.1, 0.15) is 0 Å². The van der Waals surface area contributed by atoms with Crippen LogP contribution in [0.2, 0.25) is 0 Å². The number of hydroxylamine groups is 1. The summed E-state index contributed by atoms with van der Waals surface area (Å²) < 4.78 is 31.7. The van der Waals surface area contributed by atoms with Crippen molar-refractivity contribution in [1.29, 1.82) is 0 Å². The van der Waals surface area contributed by atoms with Crippen LogP contribution >= 0.6 is 0 Å². The number of hydrogen-bond acceptors (Lipinski definition) is 3. The molecule has 0 atom stereocenters. The highest BCUT2D eigenvalue weighted by Gasteiger charge is 2.30. The first kappa shape index (κ1) is 13.0. The van der Waals surface area contributed by atoms with Crippen molar-refractivity contribution in [1.82, 2.24) is 5.48 Å². The summed E-state index contributed by atoms with van der Waals surface area (Å²) in [6.45, 7) is 0.0476. The lowest BCUT2D eigenvalue weighted by Crippen LogP contribution is -2.31. The van der Waals surface area contributed by atoms with Gasteiger partial charge in [-0.2, -0.15) is 14.3 Å². The van der Waals surface area contributed by atoms with E-state index in [0.717, 1.165) is 0 Å². The molecule has 0 unspecified atom stereocenters. The van der Waals surface area contributed by atoms with Gasteiger partial charge in [-0.05, 0) is 0 Å². The van der Waals surface area contributed by atoms with Gasteiger partial charge in [0.25, 0.3) is 5.92 Å². The first-order valence-electron chi connectivity index (χ1n) is 4.94. The van der Waals surface area contributed by atoms with E-state index in [-0.39, 0.29) is 12.2 Å². The minimum absolute atomic E-state index is 0.0298. The second kappa shape index (κ2) is 6.52. The molecular weight excluding hydrogens is 216 g/mol. The summed E-state index contributed by atoms with van der Waals surface area (Å²) in [6, 6.07) is 7.62. The Morgan fingerprint density at radius 2 is 1.88 bits per heavy atom. The molecule has 0 aromatic heterocycles. The van der Waals surface area contributed by atoms with Gasteiger partial charge in [-0.3, -0.25) is 4.84 Å². The Hall–Kier alpha value is -1.04. The molecule has 16 heavy (non-hydrogen) atoms. The predicted molar refractivity (Wildman–Crippen MR) is 56.2 cm³/mol. The van der Waals surface area contributed by atoms with Crippen molar-refractivity contribution in [2.24, 2.45) is 0 Å². The molecule has 90 valence electrons. The number of methoxy groups -OCH3 is 1. The summed E-state index contributed by atoms with van der Waals surface area (Å²) in [6.07, 6.45) is 0. The molecule has 0 saturated carbocycles. The molecule has 1 aromatic carbocycles. The summed E-state index contributed by atoms with van der Waals surface area (Å²) in [5.41, 5.74) is 2.20. The number of ether oxygens (including phenoxy) is 1. The van der Waals surface area contributed by atoms with Gasteiger partial charge in [-0.25, -0.2) is 0 Å². The van der Waals surface area contributed by atoms with Gasteiger partial charge in [-0.15, -0.1) is 0 Å². The van der Waals surface area contributed by atoms with E-state index in [0.29, 0.717) is 6.61 Å². The van der Waals surface area contributed by atoms with E-state index in [2.05, 4.69) is 5.48 Å². The van der Waals surface area contributed by atoms with Gasteiger partial charge in [0.05, 0.1) is 19.8 Å². The molecule has 0 aliphatic heterocycles. The van der Waals surface area contributed by atoms with Crippen LogP contribution in [0.1, 0.15) is 5.56 Å². The van der Waals surface area contributed by atoms with Gasteiger partial charge in [-0.1, -0.05) is 30.3 Å². The van der Waals surface area contributed by atoms with Gasteiger partial charge >= 0.3 is 0 Å². The lowest BCUT2D eigenvalue weighted by Gasteiger charge is -2.17. The fourth-order valence-electron chi connectivity index (χ4n) is 1.12. The van der Waals surface area contributed by atoms with Crippen LogP contribution in [-0.2, 0) is 15.5 Å². The zero-order valence-electron chi connectivity index (χ0n) is 9.08. The number of hydrogen-bond donors (Lipinski definition) is 1. The first-order valence-corrected chi connectivity index (χ1v) is 4.94. The third kappa shape index (κ3) is 4.22. The van der Waals surface area contributed by atoms with Crippen LogP contribution in [0.3, 0.4) is 0 Å². The van der Waals surface area contributed by atoms with E-state index in [1.807, 2.05) is 0 Å². The Labute approximate surface area is 93.3 Å². The highest BCUT2D eigenvalue weighted by Crippen LogP contribution is 2.26. The quantitative estimate of drug-likeness (QED) is 0.574. The molecule has 3 nitrogen and oxygen atoms in total. The molecule has 0 aliphatic rings. The van der Waals surface area contributed by atoms with E-state index in [9.17, 15) is 8.78 Å². The van der Waals surface area contributed by atoms with E-state index in [1.54, 1.807) is 18.2 Å². The Kier molecular flexibility index (Phi) is 5.31. The van der Waals surface area contributed by atoms with Crippen LogP contribution in [0.5, 0.6) is 0 Å². The molecule has 0 aliphatic carbocycles. The predicted octanol–water partition coefficient (Wildman–Crippen LogP) is 1.95. The lowest BCUT2D eigenvalue weighted by atomic mass is 10.1. The Bertz CT molecular complexity index is 293. The summed E-state index contributed by atoms with van der Waals surface area (Å²) in [5, 5.41) is 0. The minimum Gasteiger partial charge on any atom is -0.382 e. The molecule has 0 radical (unpaired) electrons. The van der Waals surface area contributed by atoms with Crippen LogP contribution in [-0.4, -0.2) is 26.9 Å². The third-order valence-electron chi connectivity index (χ3n) is 1.98. The first-order chi connectivity index (χ1) is 7.67. The molecule has 1 rings (SSSR count). The molecule has 0 fully saturated rings. The zero-order chi connectivity index (χ0) is 11.9. The van der Waals surface area contributed by atoms with Crippen LogP contribution < -0.4 is 5.48 Å². The topological polar surface area (TPSA) is 30.5 Å². The van der Waals surface area contributed by atoms with E-state index < -0.39 is 12.5 Å². The van der Waals surface area contributed by atoms with E-state index in [4.69, 9.17) is 9.57 Å². The van der Waals surface area contributed by atoms with Gasteiger partial charge in [0.2, 0.25) is 0 Å². The minimum atomic E-state index is -2.94. The number of alkyl halides is 2. The second-order valence-electron chi connectivity index (χ2n) is 3.23. The number of halogens is 2. The summed E-state index contributed by atoms with van der Waals surface area (Å²) in [5.74, 6) is -2.94. The molecule has 0 saturated heterocycles. The third-order valence-corrected chi connectivity index (χ3v) is 1.98. The maximum Gasteiger partial charge on any atom is 0.287 e. The van der Waals surface area contributed by atoms with Gasteiger partial charge < -0.3 is 4.74 Å². The van der Waals surface area contributed by atoms with Crippen molar-refractivity contribution >= 4 is 0 Å². The van der Waals surface area contributed by atoms with Crippen molar-refractivity contribution in [2.75, 3.05) is 26.9 Å². The average molecular weight is 231 g/mol. The second-order valence-corrected chi connectivity index (χ2v) is 3.23. The molecular formula is C11H15F2NO2. The monoisotopic (exact) mass is 231 g/mol. The molecule has 0 heterocycles. The summed E-state index contributed by atoms with van der Waals surface area (Å²) in [7, 11) is 1.52. The highest BCUT2D eigenvalue weighted by atomic mass is 19.3. The van der Waals surface area contributed by atoms with Crippen LogP contribution in [0.4, 0.5) is 8.78 Å². The van der Waals surface area contributed by atoms with Crippen molar-refractivity contribution in [3.05, 3.63) is 35.9 Å². The van der Waals surface area contributed by atoms with Gasteiger partial charge in [0.15, 0.2) is 0 Å². The normalized spacial score (nSPS) is 11.7. The van der Waals surface area contributed by atoms with Crippen molar-refractivity contribution in [3.63, 3.8) is 0 Å². The zero-order valence-corrected chi connectivity index (χ0v) is 9.08. The maximum absolute atomic E-state index is 13.5. The Balaban J connectivity index is 2.35. The SMILES string of the molecule is COCCONCC(F)(F)c1ccccc1. The molecule has 5 heteroatoms. The van der Waals surface area contributed by atoms with E-state index >= 15 is 0 Å². The molecule has 1 aromatic rings. The summed E-state index contributed by atoms with van der Waals surface area (Å²) >= 11 is 0. The standard InChI is InChI=1S/C11H15F2NO2/c1-15-7-8-16-14-9-11(12,13)10-5-3-2-4-6-10/h2-6,14H,7-9H2,1H3. The maximum atomic E-state index is 13.5. The van der Waals surface area contributed by atoms with Crippen molar-refractivity contribution < 1.29 is 18.4 Å². The van der Waals surface area contributed by atoms with Crippen molar-refractivity contribution in [2.45, 2.75) is 5.92 Å². The lowest BCUT2D eigenvalue weighted by molar-refractivity contribution is -0.0683. The smallest absolute Gasteiger partial charge is 0.287 e. The Morgan fingerprint density at radius 3 is 2.50 bits per heavy atom. The Morgan fingerprint density at radius 1 is 1.19 bits per heavy atom. The van der Waals surface area contributed by atoms with Crippen LogP contribution in [0, 0.1) is 0 Å². The largest absolute Gasteiger partial charge is 0.382 e. The fourth-order valence-corrected chi connectivity index (χ4v) is 1.12. The number of benzene rings is 1. The fraction of sp³-hybridized carbons (Fsp3) is 0.455. The molecule has 0 amide bonds. The summed E-state index contributed by atoms with van der Waals surface area (Å²) in [4.78, 5) is 4.78. The molecule has 0 spiro atoms. The van der Waals surface area contributed by atoms with Gasteiger partial charge in [0, 0.05) is 12.7 Å². The van der Waals surface area contributed by atoms with Crippen molar-refractivity contribution in [3.8, 4) is 0 Å². The number of nitrogens with one attached hydrogen (secondary N) is 1. The molecule has 1 N–H and O–H groups in total. The van der Waals surface area contributed by atoms with E-state index in [1.165, 1.54) is 19.2 Å². The van der Waals surface area contributed by atoms with Crippen LogP contribution in [0.25, 0.3) is 0 Å².